The third-order valence-corrected chi connectivity index (χ3v) is 4.64. The fraction of sp³-hybridized carbons (Fsp3) is 0.400. The van der Waals surface area contributed by atoms with E-state index in [0.717, 1.165) is 16.2 Å². The Kier molecular flexibility index (Phi) is 4.33. The lowest BCUT2D eigenvalue weighted by Crippen LogP contribution is -2.50. The minimum absolute atomic E-state index is 0.0729. The number of benzene rings is 1. The Morgan fingerprint density at radius 2 is 1.86 bits per heavy atom. The Labute approximate surface area is 132 Å². The minimum Gasteiger partial charge on any atom is -0.339 e. The molecule has 2 heterocycles. The van der Waals surface area contributed by atoms with Gasteiger partial charge in [-0.05, 0) is 12.1 Å². The van der Waals surface area contributed by atoms with Crippen LogP contribution in [0, 0.1) is 0 Å². The van der Waals surface area contributed by atoms with E-state index in [2.05, 4.69) is 9.97 Å². The number of nitrogens with one attached hydrogen (secondary N) is 1. The summed E-state index contributed by atoms with van der Waals surface area (Å²) in [4.78, 5) is 34.7. The molecule has 1 aromatic carbocycles. The van der Waals surface area contributed by atoms with Crippen LogP contribution in [0.15, 0.2) is 29.4 Å². The highest BCUT2D eigenvalue weighted by Gasteiger charge is 2.22. The fourth-order valence-corrected chi connectivity index (χ4v) is 3.28. The standard InChI is InChI=1S/C15H18N4O2S/c1-11(20)18-6-8-19(9-7-18)14(21)10-22-15-16-12-4-2-3-5-13(12)17-15/h2-5H,6-10H2,1H3,(H,16,17). The van der Waals surface area contributed by atoms with E-state index in [0.29, 0.717) is 31.9 Å². The number of aromatic nitrogens is 2. The highest BCUT2D eigenvalue weighted by atomic mass is 32.2. The summed E-state index contributed by atoms with van der Waals surface area (Å²) in [6, 6.07) is 7.81. The molecule has 116 valence electrons. The molecule has 0 spiro atoms. The summed E-state index contributed by atoms with van der Waals surface area (Å²) in [6.45, 7) is 4.03. The largest absolute Gasteiger partial charge is 0.339 e. The second-order valence-electron chi connectivity index (χ2n) is 5.23. The first-order valence-corrected chi connectivity index (χ1v) is 8.23. The Balaban J connectivity index is 1.53. The number of carbonyl (C=O) groups is 2. The summed E-state index contributed by atoms with van der Waals surface area (Å²) < 4.78 is 0. The Morgan fingerprint density at radius 3 is 2.55 bits per heavy atom. The lowest BCUT2D eigenvalue weighted by Gasteiger charge is -2.34. The van der Waals surface area contributed by atoms with Gasteiger partial charge in [-0.1, -0.05) is 23.9 Å². The van der Waals surface area contributed by atoms with E-state index in [9.17, 15) is 9.59 Å². The molecule has 1 aliphatic rings. The summed E-state index contributed by atoms with van der Waals surface area (Å²) in [5.74, 6) is 0.525. The van der Waals surface area contributed by atoms with Crippen LogP contribution in [0.5, 0.6) is 0 Å². The molecule has 0 aliphatic carbocycles. The van der Waals surface area contributed by atoms with E-state index < -0.39 is 0 Å². The Hall–Kier alpha value is -2.02. The molecule has 0 bridgehead atoms. The van der Waals surface area contributed by atoms with E-state index >= 15 is 0 Å². The van der Waals surface area contributed by atoms with Crippen LogP contribution in [-0.4, -0.2) is 63.5 Å². The molecular weight excluding hydrogens is 300 g/mol. The molecule has 1 aromatic heterocycles. The molecule has 1 aliphatic heterocycles. The number of rotatable bonds is 3. The molecule has 1 saturated heterocycles. The van der Waals surface area contributed by atoms with Gasteiger partial charge in [0.05, 0.1) is 16.8 Å². The van der Waals surface area contributed by atoms with Gasteiger partial charge in [-0.2, -0.15) is 0 Å². The van der Waals surface area contributed by atoms with Gasteiger partial charge < -0.3 is 14.8 Å². The molecule has 22 heavy (non-hydrogen) atoms. The summed E-state index contributed by atoms with van der Waals surface area (Å²) in [7, 11) is 0. The monoisotopic (exact) mass is 318 g/mol. The maximum atomic E-state index is 12.2. The number of aromatic amines is 1. The molecule has 0 radical (unpaired) electrons. The summed E-state index contributed by atoms with van der Waals surface area (Å²) in [5.41, 5.74) is 1.89. The molecule has 7 heteroatoms. The van der Waals surface area contributed by atoms with Gasteiger partial charge in [0.2, 0.25) is 11.8 Å². The van der Waals surface area contributed by atoms with Crippen LogP contribution in [0.1, 0.15) is 6.92 Å². The predicted molar refractivity (Wildman–Crippen MR) is 85.7 cm³/mol. The number of hydrogen-bond donors (Lipinski definition) is 1. The van der Waals surface area contributed by atoms with Crippen molar-refractivity contribution < 1.29 is 9.59 Å². The van der Waals surface area contributed by atoms with Crippen molar-refractivity contribution in [2.75, 3.05) is 31.9 Å². The zero-order chi connectivity index (χ0) is 15.5. The maximum absolute atomic E-state index is 12.2. The van der Waals surface area contributed by atoms with Crippen LogP contribution in [0.3, 0.4) is 0 Å². The van der Waals surface area contributed by atoms with Crippen molar-refractivity contribution in [3.8, 4) is 0 Å². The van der Waals surface area contributed by atoms with Crippen LogP contribution in [0.25, 0.3) is 11.0 Å². The number of para-hydroxylation sites is 2. The number of H-pyrrole nitrogens is 1. The van der Waals surface area contributed by atoms with E-state index in [1.807, 2.05) is 29.2 Å². The molecule has 1 fully saturated rings. The van der Waals surface area contributed by atoms with Crippen LogP contribution < -0.4 is 0 Å². The van der Waals surface area contributed by atoms with Crippen LogP contribution in [0.4, 0.5) is 0 Å². The van der Waals surface area contributed by atoms with Gasteiger partial charge in [-0.15, -0.1) is 0 Å². The first kappa shape index (κ1) is 14.9. The second-order valence-corrected chi connectivity index (χ2v) is 6.20. The van der Waals surface area contributed by atoms with Crippen molar-refractivity contribution in [1.82, 2.24) is 19.8 Å². The molecular formula is C15H18N4O2S. The first-order valence-electron chi connectivity index (χ1n) is 7.24. The molecule has 0 saturated carbocycles. The molecule has 6 nitrogen and oxygen atoms in total. The number of carbonyl (C=O) groups excluding carboxylic acids is 2. The molecule has 0 unspecified atom stereocenters. The van der Waals surface area contributed by atoms with Crippen molar-refractivity contribution in [2.24, 2.45) is 0 Å². The van der Waals surface area contributed by atoms with Crippen molar-refractivity contribution in [1.29, 1.82) is 0 Å². The third kappa shape index (κ3) is 3.24. The van der Waals surface area contributed by atoms with E-state index in [1.165, 1.54) is 11.8 Å². The van der Waals surface area contributed by atoms with Gasteiger partial charge in [0.15, 0.2) is 5.16 Å². The topological polar surface area (TPSA) is 69.3 Å². The van der Waals surface area contributed by atoms with Gasteiger partial charge in [0.1, 0.15) is 0 Å². The number of amides is 2. The van der Waals surface area contributed by atoms with Gasteiger partial charge >= 0.3 is 0 Å². The van der Waals surface area contributed by atoms with E-state index in [1.54, 1.807) is 11.8 Å². The van der Waals surface area contributed by atoms with Crippen molar-refractivity contribution in [2.45, 2.75) is 12.1 Å². The number of imidazole rings is 1. The normalized spacial score (nSPS) is 15.3. The fourth-order valence-electron chi connectivity index (χ4n) is 2.49. The smallest absolute Gasteiger partial charge is 0.233 e. The summed E-state index contributed by atoms with van der Waals surface area (Å²) >= 11 is 1.42. The Bertz CT molecular complexity index is 659. The molecule has 1 N–H and O–H groups in total. The van der Waals surface area contributed by atoms with Crippen LogP contribution >= 0.6 is 11.8 Å². The number of hydrogen-bond acceptors (Lipinski definition) is 4. The lowest BCUT2D eigenvalue weighted by molar-refractivity contribution is -0.136. The zero-order valence-electron chi connectivity index (χ0n) is 12.4. The van der Waals surface area contributed by atoms with Gasteiger partial charge in [0, 0.05) is 33.1 Å². The highest BCUT2D eigenvalue weighted by Crippen LogP contribution is 2.19. The van der Waals surface area contributed by atoms with E-state index in [4.69, 9.17) is 0 Å². The van der Waals surface area contributed by atoms with Crippen molar-refractivity contribution in [3.63, 3.8) is 0 Å². The van der Waals surface area contributed by atoms with Crippen molar-refractivity contribution >= 4 is 34.6 Å². The third-order valence-electron chi connectivity index (χ3n) is 3.78. The van der Waals surface area contributed by atoms with Gasteiger partial charge in [0.25, 0.3) is 0 Å². The van der Waals surface area contributed by atoms with Gasteiger partial charge in [-0.25, -0.2) is 4.98 Å². The Morgan fingerprint density at radius 1 is 1.18 bits per heavy atom. The second kappa shape index (κ2) is 6.39. The van der Waals surface area contributed by atoms with Crippen LogP contribution in [0.2, 0.25) is 0 Å². The number of fused-ring (bicyclic) bond motifs is 1. The van der Waals surface area contributed by atoms with Crippen LogP contribution in [-0.2, 0) is 9.59 Å². The van der Waals surface area contributed by atoms with Gasteiger partial charge in [-0.3, -0.25) is 9.59 Å². The SMILES string of the molecule is CC(=O)N1CCN(C(=O)CSc2nc3ccccc3[nH]2)CC1. The molecule has 0 atom stereocenters. The quantitative estimate of drug-likeness (QED) is 0.867. The number of piperazine rings is 1. The highest BCUT2D eigenvalue weighted by molar-refractivity contribution is 7.99. The molecule has 2 aromatic rings. The molecule has 3 rings (SSSR count). The minimum atomic E-state index is 0.0729. The average molecular weight is 318 g/mol. The van der Waals surface area contributed by atoms with E-state index in [-0.39, 0.29) is 11.8 Å². The number of nitrogens with zero attached hydrogens (tertiary/aromatic N) is 3. The predicted octanol–water partition coefficient (Wildman–Crippen LogP) is 1.35. The molecule has 2 amide bonds. The summed E-state index contributed by atoms with van der Waals surface area (Å²) in [6.07, 6.45) is 0. The maximum Gasteiger partial charge on any atom is 0.233 e. The van der Waals surface area contributed by atoms with Crippen molar-refractivity contribution in [3.05, 3.63) is 24.3 Å². The average Bonchev–Trinajstić information content (AvgIpc) is 2.95. The summed E-state index contributed by atoms with van der Waals surface area (Å²) in [5, 5.41) is 0.761. The first-order chi connectivity index (χ1) is 10.6. The number of thioether (sulfide) groups is 1. The lowest BCUT2D eigenvalue weighted by atomic mass is 10.3. The zero-order valence-corrected chi connectivity index (χ0v) is 13.2.